The van der Waals surface area contributed by atoms with Crippen molar-refractivity contribution >= 4 is 48.1 Å². The van der Waals surface area contributed by atoms with E-state index in [1.54, 1.807) is 36.4 Å². The van der Waals surface area contributed by atoms with Crippen LogP contribution < -0.4 is 144 Å². The van der Waals surface area contributed by atoms with E-state index in [9.17, 15) is 44.4 Å². The van der Waals surface area contributed by atoms with Gasteiger partial charge in [-0.3, -0.25) is 19.6 Å². The van der Waals surface area contributed by atoms with Crippen LogP contribution in [-0.4, -0.2) is 76.5 Å². The number of amides is 1. The third-order valence-corrected chi connectivity index (χ3v) is 5.18. The number of thiol groups is 1. The molecule has 13 nitrogen and oxygen atoms in total. The third-order valence-electron chi connectivity index (χ3n) is 4.95. The summed E-state index contributed by atoms with van der Waals surface area (Å²) in [7, 11) is 0. The largest absolute Gasteiger partial charge is 1.00 e. The van der Waals surface area contributed by atoms with Crippen LogP contribution in [0.4, 0.5) is 5.69 Å². The van der Waals surface area contributed by atoms with Crippen LogP contribution in [-0.2, 0) is 37.1 Å². The standard InChI is InChI=1S/C24H28N4O9S.4Na/c29-20(5-6-38)26-17-3-1-15(2-4-17)16-7-18(9-27(11-21(30)31)12-22(32)33)25-19(8-16)10-28(13-23(34)35)14-24(36)37;;;;/h1-4,7-8,38H,5-6,9-14H2,(H,26,29)(H,30,31)(H,32,33)(H,34,35)(H,36,37);;;;/q;4*+1/p-4. The van der Waals surface area contributed by atoms with Gasteiger partial charge in [-0.15, -0.1) is 0 Å². The zero-order valence-corrected chi connectivity index (χ0v) is 33.0. The van der Waals surface area contributed by atoms with Crippen LogP contribution in [0.3, 0.4) is 0 Å². The molecule has 1 amide bonds. The van der Waals surface area contributed by atoms with Gasteiger partial charge in [0.1, 0.15) is 0 Å². The number of anilines is 1. The summed E-state index contributed by atoms with van der Waals surface area (Å²) in [5, 5.41) is 47.1. The molecule has 1 heterocycles. The zero-order valence-electron chi connectivity index (χ0n) is 24.1. The predicted molar refractivity (Wildman–Crippen MR) is 127 cm³/mol. The van der Waals surface area contributed by atoms with Gasteiger partial charge in [0.2, 0.25) is 5.91 Å². The first-order valence-corrected chi connectivity index (χ1v) is 11.8. The average molecular weight is 637 g/mol. The molecule has 42 heavy (non-hydrogen) atoms. The molecule has 0 unspecified atom stereocenters. The van der Waals surface area contributed by atoms with E-state index in [1.807, 2.05) is 0 Å². The van der Waals surface area contributed by atoms with Crippen LogP contribution in [0.25, 0.3) is 11.1 Å². The fourth-order valence-corrected chi connectivity index (χ4v) is 3.78. The first-order valence-electron chi connectivity index (χ1n) is 11.2. The van der Waals surface area contributed by atoms with Crippen molar-refractivity contribution in [1.82, 2.24) is 14.8 Å². The van der Waals surface area contributed by atoms with Gasteiger partial charge in [0.25, 0.3) is 0 Å². The van der Waals surface area contributed by atoms with Crippen molar-refractivity contribution in [3.05, 3.63) is 47.8 Å². The number of nitrogens with zero attached hydrogens (tertiary/aromatic N) is 3. The maximum absolute atomic E-state index is 11.8. The number of carbonyl (C=O) groups is 5. The number of rotatable bonds is 16. The molecule has 2 aromatic rings. The molecule has 0 aliphatic heterocycles. The summed E-state index contributed by atoms with van der Waals surface area (Å²) >= 11 is 4.01. The Morgan fingerprint density at radius 1 is 0.667 bits per heavy atom. The molecule has 0 saturated heterocycles. The first kappa shape index (κ1) is 46.4. The van der Waals surface area contributed by atoms with Gasteiger partial charge in [-0.05, 0) is 41.1 Å². The number of hydrogen-bond donors (Lipinski definition) is 2. The molecule has 18 heteroatoms. The molecule has 0 saturated carbocycles. The van der Waals surface area contributed by atoms with Gasteiger partial charge in [0.05, 0.1) is 35.3 Å². The molecule has 1 N–H and O–H groups in total. The summed E-state index contributed by atoms with van der Waals surface area (Å²) in [5.41, 5.74) is 2.11. The molecule has 2 rings (SSSR count). The molecule has 0 atom stereocenters. The van der Waals surface area contributed by atoms with Gasteiger partial charge in [-0.1, -0.05) is 12.1 Å². The maximum atomic E-state index is 11.8. The van der Waals surface area contributed by atoms with Crippen LogP contribution in [0, 0.1) is 0 Å². The smallest absolute Gasteiger partial charge is 0.549 e. The summed E-state index contributed by atoms with van der Waals surface area (Å²) in [6.07, 6.45) is 0.227. The second kappa shape index (κ2) is 24.3. The van der Waals surface area contributed by atoms with E-state index in [-0.39, 0.29) is 155 Å². The minimum Gasteiger partial charge on any atom is -0.549 e. The van der Waals surface area contributed by atoms with E-state index in [4.69, 9.17) is 0 Å². The van der Waals surface area contributed by atoms with Crippen molar-refractivity contribution in [2.24, 2.45) is 0 Å². The molecule has 204 valence electrons. The number of carboxylic acid groups (broad SMARTS) is 4. The summed E-state index contributed by atoms with van der Waals surface area (Å²) in [6.45, 7) is -3.40. The van der Waals surface area contributed by atoms with Crippen molar-refractivity contribution in [3.63, 3.8) is 0 Å². The van der Waals surface area contributed by atoms with Crippen molar-refractivity contribution in [3.8, 4) is 11.1 Å². The topological polar surface area (TPSA) is 209 Å². The summed E-state index contributed by atoms with van der Waals surface area (Å²) in [4.78, 5) is 62.5. The Bertz CT molecular complexity index is 1100. The molecule has 1 aromatic carbocycles. The number of carboxylic acids is 4. The third kappa shape index (κ3) is 18.7. The van der Waals surface area contributed by atoms with Crippen molar-refractivity contribution < 1.29 is 163 Å². The molecule has 0 fully saturated rings. The number of benzene rings is 1. The number of aromatic nitrogens is 1. The Morgan fingerprint density at radius 3 is 1.38 bits per heavy atom. The number of pyridine rings is 1. The fraction of sp³-hybridized carbons (Fsp3) is 0.333. The van der Waals surface area contributed by atoms with Gasteiger partial charge in [0, 0.05) is 51.4 Å². The Hall–Kier alpha value is -0.01000. The fourth-order valence-electron chi connectivity index (χ4n) is 3.57. The molecule has 0 radical (unpaired) electrons. The Balaban J connectivity index is -0.00000380. The van der Waals surface area contributed by atoms with Crippen molar-refractivity contribution in [1.29, 1.82) is 0 Å². The molecule has 0 aliphatic rings. The minimum atomic E-state index is -1.52. The van der Waals surface area contributed by atoms with E-state index >= 15 is 0 Å². The average Bonchev–Trinajstić information content (AvgIpc) is 2.77. The van der Waals surface area contributed by atoms with Crippen LogP contribution in [0.15, 0.2) is 36.4 Å². The first-order chi connectivity index (χ1) is 17.9. The van der Waals surface area contributed by atoms with E-state index < -0.39 is 50.1 Å². The quantitative estimate of drug-likeness (QED) is 0.130. The van der Waals surface area contributed by atoms with Crippen LogP contribution in [0.5, 0.6) is 0 Å². The van der Waals surface area contributed by atoms with Gasteiger partial charge < -0.3 is 44.9 Å². The molecule has 1 aromatic heterocycles. The Kier molecular flexibility index (Phi) is 26.8. The number of carbonyl (C=O) groups excluding carboxylic acids is 5. The number of aliphatic carboxylic acids is 4. The molecule has 0 aliphatic carbocycles. The SMILES string of the molecule is O=C([O-])CN(CC(=O)[O-])Cc1cc(-c2ccc(NC(=O)CCS)cc2)cc(CN(CC(=O)[O-])CC(=O)[O-])n1.[Na+].[Na+].[Na+].[Na+]. The molecule has 0 spiro atoms. The number of nitrogens with one attached hydrogen (secondary N) is 1. The second-order valence-corrected chi connectivity index (χ2v) is 8.66. The van der Waals surface area contributed by atoms with E-state index in [0.29, 0.717) is 22.6 Å². The van der Waals surface area contributed by atoms with Crippen LogP contribution >= 0.6 is 12.6 Å². The second-order valence-electron chi connectivity index (χ2n) is 8.22. The van der Waals surface area contributed by atoms with Crippen LogP contribution in [0.2, 0.25) is 0 Å². The van der Waals surface area contributed by atoms with Gasteiger partial charge in [-0.2, -0.15) is 12.6 Å². The maximum Gasteiger partial charge on any atom is 1.00 e. The van der Waals surface area contributed by atoms with Gasteiger partial charge in [0.15, 0.2) is 0 Å². The van der Waals surface area contributed by atoms with Gasteiger partial charge >= 0.3 is 118 Å². The van der Waals surface area contributed by atoms with Gasteiger partial charge in [-0.25, -0.2) is 0 Å². The van der Waals surface area contributed by atoms with Crippen molar-refractivity contribution in [2.75, 3.05) is 37.2 Å². The van der Waals surface area contributed by atoms with E-state index in [0.717, 1.165) is 9.80 Å². The van der Waals surface area contributed by atoms with E-state index in [1.165, 1.54) is 0 Å². The normalized spacial score (nSPS) is 9.88. The Morgan fingerprint density at radius 2 is 1.05 bits per heavy atom. The Labute approximate surface area is 336 Å². The minimum absolute atomic E-state index is 0. The molecular weight excluding hydrogens is 612 g/mol. The van der Waals surface area contributed by atoms with Crippen molar-refractivity contribution in [2.45, 2.75) is 19.5 Å². The predicted octanol–water partition coefficient (Wildman–Crippen LogP) is -16.4. The van der Waals surface area contributed by atoms with Crippen LogP contribution in [0.1, 0.15) is 17.8 Å². The monoisotopic (exact) mass is 636 g/mol. The zero-order chi connectivity index (χ0) is 28.2. The molecule has 0 bridgehead atoms. The molecular formula is C24H24N4Na4O9S. The van der Waals surface area contributed by atoms with E-state index in [2.05, 4.69) is 22.9 Å². The number of hydrogen-bond acceptors (Lipinski definition) is 13. The summed E-state index contributed by atoms with van der Waals surface area (Å²) in [6, 6.07) is 9.78. The summed E-state index contributed by atoms with van der Waals surface area (Å²) < 4.78 is 0. The summed E-state index contributed by atoms with van der Waals surface area (Å²) in [5.74, 6) is -5.92.